The molecule has 26 heavy (non-hydrogen) atoms. The number of rotatable bonds is 5. The van der Waals surface area contributed by atoms with E-state index in [1.807, 2.05) is 48.6 Å². The van der Waals surface area contributed by atoms with Gasteiger partial charge in [-0.15, -0.1) is 0 Å². The molecule has 2 aromatic carbocycles. The van der Waals surface area contributed by atoms with E-state index >= 15 is 0 Å². The van der Waals surface area contributed by atoms with Crippen LogP contribution in [0.15, 0.2) is 60.7 Å². The standard InChI is InChI=1S/C10H9.C9H7.C2H5O2.2ClH.Zr/c1-8-6-7-9-4-2-3-5-10(8)9;1-2-5-9-7-3-6-8(9)4-1;3-1-2-4;;;/h2-8H,1H2;1-7H;1,3-4H,2H2;2*1H;/q;;;;;+2/p-2. The van der Waals surface area contributed by atoms with Gasteiger partial charge in [-0.2, -0.15) is 0 Å². The summed E-state index contributed by atoms with van der Waals surface area (Å²) in [5.41, 5.74) is 4.51. The fourth-order valence-electron chi connectivity index (χ4n) is 4.34. The summed E-state index contributed by atoms with van der Waals surface area (Å²) in [6.07, 6.45) is 8.27. The minimum atomic E-state index is -4.90. The Kier molecular flexibility index (Phi) is 4.82. The number of halogens is 2. The molecule has 5 heteroatoms. The van der Waals surface area contributed by atoms with E-state index in [0.717, 1.165) is 11.1 Å². The van der Waals surface area contributed by atoms with Crippen molar-refractivity contribution >= 4 is 29.2 Å². The number of allylic oxidation sites excluding steroid dienone is 2. The molecular weight excluding hydrogens is 446 g/mol. The zero-order valence-electron chi connectivity index (χ0n) is 14.2. The third-order valence-electron chi connectivity index (χ3n) is 5.80. The van der Waals surface area contributed by atoms with Crippen LogP contribution in [0.2, 0.25) is 4.13 Å². The third-order valence-corrected chi connectivity index (χ3v) is 24.5. The molecule has 0 fully saturated rings. The van der Waals surface area contributed by atoms with E-state index in [0.29, 0.717) is 4.13 Å². The van der Waals surface area contributed by atoms with Gasteiger partial charge in [-0.1, -0.05) is 0 Å². The van der Waals surface area contributed by atoms with Crippen LogP contribution >= 0.6 is 17.0 Å². The first-order chi connectivity index (χ1) is 12.4. The van der Waals surface area contributed by atoms with Crippen molar-refractivity contribution in [3.63, 3.8) is 0 Å². The monoisotopic (exact) mass is 465 g/mol. The maximum absolute atomic E-state index is 10.9. The Bertz CT molecular complexity index is 906. The molecule has 0 heterocycles. The van der Waals surface area contributed by atoms with Crippen LogP contribution in [0, 0.1) is 0 Å². The van der Waals surface area contributed by atoms with Crippen molar-refractivity contribution in [1.29, 1.82) is 0 Å². The number of benzene rings is 2. The van der Waals surface area contributed by atoms with Crippen molar-refractivity contribution in [2.24, 2.45) is 0 Å². The molecule has 4 rings (SSSR count). The fourth-order valence-corrected chi connectivity index (χ4v) is 19.0. The van der Waals surface area contributed by atoms with Crippen LogP contribution in [0.5, 0.6) is 0 Å². The molecule has 2 nitrogen and oxygen atoms in total. The molecule has 3 atom stereocenters. The summed E-state index contributed by atoms with van der Waals surface area (Å²) in [6.45, 7) is -0.414. The molecular formula is C21H21Cl2O2Zr. The molecule has 3 unspecified atom stereocenters. The Morgan fingerprint density at radius 3 is 2.15 bits per heavy atom. The first-order valence-electron chi connectivity index (χ1n) is 8.84. The molecule has 0 radical (unpaired) electrons. The topological polar surface area (TPSA) is 40.5 Å². The Balaban J connectivity index is 1.78. The van der Waals surface area contributed by atoms with Crippen LogP contribution in [0.25, 0.3) is 12.2 Å². The van der Waals surface area contributed by atoms with Gasteiger partial charge in [-0.25, -0.2) is 0 Å². The zero-order chi connectivity index (χ0) is 18.4. The number of hydrogen-bond donors (Lipinski definition) is 2. The number of aliphatic hydroxyl groups excluding tert-OH is 2. The molecule has 0 bridgehead atoms. The summed E-state index contributed by atoms with van der Waals surface area (Å²) in [7, 11) is 14.6. The van der Waals surface area contributed by atoms with Gasteiger partial charge in [0.15, 0.2) is 0 Å². The summed E-state index contributed by atoms with van der Waals surface area (Å²) in [4.78, 5) is 0. The van der Waals surface area contributed by atoms with Gasteiger partial charge < -0.3 is 0 Å². The second-order valence-electron chi connectivity index (χ2n) is 7.31. The van der Waals surface area contributed by atoms with E-state index in [9.17, 15) is 10.2 Å². The quantitative estimate of drug-likeness (QED) is 0.627. The van der Waals surface area contributed by atoms with Crippen molar-refractivity contribution in [2.45, 2.75) is 17.5 Å². The van der Waals surface area contributed by atoms with E-state index in [2.05, 4.69) is 24.3 Å². The number of fused-ring (bicyclic) bond motifs is 2. The van der Waals surface area contributed by atoms with Crippen LogP contribution in [-0.2, 0) is 16.4 Å². The summed E-state index contributed by atoms with van der Waals surface area (Å²) in [6, 6.07) is 16.2. The van der Waals surface area contributed by atoms with E-state index in [-0.39, 0.29) is 9.54 Å². The molecule has 0 aliphatic heterocycles. The summed E-state index contributed by atoms with van der Waals surface area (Å²) in [5.74, 6) is 0.0641. The van der Waals surface area contributed by atoms with Crippen LogP contribution in [0.1, 0.15) is 31.8 Å². The summed E-state index contributed by atoms with van der Waals surface area (Å²) in [5, 5.41) is 20.7. The number of aliphatic hydroxyl groups is 2. The first kappa shape index (κ1) is 18.7. The van der Waals surface area contributed by atoms with Gasteiger partial charge in [-0.05, 0) is 0 Å². The first-order valence-corrected chi connectivity index (χ1v) is 19.7. The number of hydrogen-bond acceptors (Lipinski definition) is 2. The Hall–Kier alpha value is -0.697. The Morgan fingerprint density at radius 1 is 0.885 bits per heavy atom. The van der Waals surface area contributed by atoms with Gasteiger partial charge in [0.2, 0.25) is 0 Å². The minimum absolute atomic E-state index is 0.0641. The molecule has 0 aromatic heterocycles. The normalized spacial score (nSPS) is 23.3. The van der Waals surface area contributed by atoms with Crippen LogP contribution < -0.4 is 0 Å². The van der Waals surface area contributed by atoms with E-state index in [1.165, 1.54) is 11.1 Å². The Morgan fingerprint density at radius 2 is 1.46 bits per heavy atom. The fraction of sp³-hybridized carbons (Fsp3) is 0.238. The van der Waals surface area contributed by atoms with Crippen molar-refractivity contribution in [1.82, 2.24) is 0 Å². The van der Waals surface area contributed by atoms with Crippen molar-refractivity contribution in [3.8, 4) is 0 Å². The molecule has 0 saturated carbocycles. The molecule has 2 N–H and O–H groups in total. The van der Waals surface area contributed by atoms with E-state index < -0.39 is 26.8 Å². The molecule has 2 aliphatic carbocycles. The SMILES string of the molecule is OC[CH](O)[Zr]([Cl])([Cl])([CH2]C1C=Cc2ccccc21)[CH]1C=Cc2ccccc21. The van der Waals surface area contributed by atoms with E-state index in [1.54, 1.807) is 0 Å². The molecule has 0 saturated heterocycles. The molecule has 0 spiro atoms. The molecule has 2 aliphatic rings. The second-order valence-corrected chi connectivity index (χ2v) is 29.8. The maximum atomic E-state index is 10.9. The van der Waals surface area contributed by atoms with Gasteiger partial charge >= 0.3 is 163 Å². The summed E-state index contributed by atoms with van der Waals surface area (Å²) >= 11 is -4.90. The summed E-state index contributed by atoms with van der Waals surface area (Å²) < 4.78 is -0.788. The molecule has 2 aromatic rings. The third kappa shape index (κ3) is 2.89. The van der Waals surface area contributed by atoms with Crippen LogP contribution in [0.3, 0.4) is 0 Å². The zero-order valence-corrected chi connectivity index (χ0v) is 18.2. The van der Waals surface area contributed by atoms with Gasteiger partial charge in [0.25, 0.3) is 0 Å². The predicted octanol–water partition coefficient (Wildman–Crippen LogP) is 5.29. The predicted molar refractivity (Wildman–Crippen MR) is 106 cm³/mol. The van der Waals surface area contributed by atoms with Crippen LogP contribution in [-0.4, -0.2) is 20.6 Å². The molecule has 135 valence electrons. The van der Waals surface area contributed by atoms with Gasteiger partial charge in [0, 0.05) is 0 Å². The van der Waals surface area contributed by atoms with Gasteiger partial charge in [-0.3, -0.25) is 0 Å². The Labute approximate surface area is 162 Å². The van der Waals surface area contributed by atoms with Crippen LogP contribution in [0.4, 0.5) is 0 Å². The second kappa shape index (κ2) is 6.72. The van der Waals surface area contributed by atoms with E-state index in [4.69, 9.17) is 17.0 Å². The van der Waals surface area contributed by atoms with Gasteiger partial charge in [0.1, 0.15) is 0 Å². The average molecular weight is 468 g/mol. The van der Waals surface area contributed by atoms with Gasteiger partial charge in [0.05, 0.1) is 0 Å². The van der Waals surface area contributed by atoms with Crippen molar-refractivity contribution in [2.75, 3.05) is 6.61 Å². The van der Waals surface area contributed by atoms with Crippen molar-refractivity contribution in [3.05, 3.63) is 82.9 Å². The molecule has 0 amide bonds. The van der Waals surface area contributed by atoms with Crippen molar-refractivity contribution < 1.29 is 26.6 Å². The average Bonchev–Trinajstić information content (AvgIpc) is 3.26.